The van der Waals surface area contributed by atoms with Gasteiger partial charge in [0.25, 0.3) is 0 Å². The summed E-state index contributed by atoms with van der Waals surface area (Å²) in [4.78, 5) is 0. The Hall–Kier alpha value is -0.850. The highest BCUT2D eigenvalue weighted by molar-refractivity contribution is 5.23. The lowest BCUT2D eigenvalue weighted by Gasteiger charge is -2.36. The quantitative estimate of drug-likeness (QED) is 0.564. The molecule has 1 saturated heterocycles. The maximum absolute atomic E-state index is 9.71. The van der Waals surface area contributed by atoms with Crippen LogP contribution in [0.15, 0.2) is 12.2 Å². The van der Waals surface area contributed by atoms with E-state index in [1.165, 1.54) is 0 Å². The molecule has 0 saturated carbocycles. The van der Waals surface area contributed by atoms with E-state index in [0.717, 1.165) is 0 Å². The first-order chi connectivity index (χ1) is 6.00. The standard InChI is InChI=1S/C10H13NO2/c1-9-4-3-8(12)10(2,13-9)7(5-9)6-11/h3-4,7-8,12H,5H2,1-2H3/t7?,8-,9+,10+/m1/s1. The number of aliphatic hydroxyl groups is 1. The smallest absolute Gasteiger partial charge is 0.112 e. The minimum Gasteiger partial charge on any atom is -0.386 e. The summed E-state index contributed by atoms with van der Waals surface area (Å²) in [7, 11) is 0. The summed E-state index contributed by atoms with van der Waals surface area (Å²) in [6, 6.07) is 2.21. The van der Waals surface area contributed by atoms with E-state index in [4.69, 9.17) is 10.00 Å². The van der Waals surface area contributed by atoms with Gasteiger partial charge in [0.15, 0.2) is 0 Å². The molecular weight excluding hydrogens is 166 g/mol. The molecule has 0 radical (unpaired) electrons. The zero-order chi connectivity index (χ0) is 9.69. The van der Waals surface area contributed by atoms with Gasteiger partial charge in [-0.2, -0.15) is 5.26 Å². The molecule has 3 heteroatoms. The van der Waals surface area contributed by atoms with Crippen LogP contribution in [0.1, 0.15) is 20.3 Å². The Morgan fingerprint density at radius 3 is 2.92 bits per heavy atom. The summed E-state index contributed by atoms with van der Waals surface area (Å²) >= 11 is 0. The summed E-state index contributed by atoms with van der Waals surface area (Å²) in [5.74, 6) is -0.220. The van der Waals surface area contributed by atoms with Gasteiger partial charge < -0.3 is 9.84 Å². The number of nitrogens with zero attached hydrogens (tertiary/aromatic N) is 1. The maximum atomic E-state index is 9.71. The lowest BCUT2D eigenvalue weighted by atomic mass is 9.85. The van der Waals surface area contributed by atoms with Crippen molar-refractivity contribution in [3.63, 3.8) is 0 Å². The molecule has 0 spiro atoms. The van der Waals surface area contributed by atoms with Crippen LogP contribution in [-0.2, 0) is 4.74 Å². The van der Waals surface area contributed by atoms with Gasteiger partial charge >= 0.3 is 0 Å². The van der Waals surface area contributed by atoms with Crippen molar-refractivity contribution in [2.75, 3.05) is 0 Å². The van der Waals surface area contributed by atoms with E-state index in [-0.39, 0.29) is 11.5 Å². The molecule has 1 fully saturated rings. The zero-order valence-electron chi connectivity index (χ0n) is 7.82. The van der Waals surface area contributed by atoms with E-state index in [1.807, 2.05) is 13.0 Å². The first-order valence-electron chi connectivity index (χ1n) is 4.47. The summed E-state index contributed by atoms with van der Waals surface area (Å²) in [6.07, 6.45) is 3.61. The van der Waals surface area contributed by atoms with Crippen molar-refractivity contribution in [1.82, 2.24) is 0 Å². The van der Waals surface area contributed by atoms with Gasteiger partial charge in [0.05, 0.1) is 17.6 Å². The normalized spacial score (nSPS) is 53.4. The van der Waals surface area contributed by atoms with Crippen molar-refractivity contribution in [3.05, 3.63) is 12.2 Å². The topological polar surface area (TPSA) is 53.2 Å². The van der Waals surface area contributed by atoms with Crippen molar-refractivity contribution >= 4 is 0 Å². The van der Waals surface area contributed by atoms with Gasteiger partial charge in [-0.15, -0.1) is 0 Å². The molecule has 13 heavy (non-hydrogen) atoms. The average molecular weight is 179 g/mol. The van der Waals surface area contributed by atoms with E-state index in [0.29, 0.717) is 6.42 Å². The third kappa shape index (κ3) is 1.03. The van der Waals surface area contributed by atoms with Crippen LogP contribution < -0.4 is 0 Å². The summed E-state index contributed by atoms with van der Waals surface area (Å²) in [6.45, 7) is 3.76. The second-order valence-electron chi connectivity index (χ2n) is 4.29. The van der Waals surface area contributed by atoms with E-state index >= 15 is 0 Å². The largest absolute Gasteiger partial charge is 0.386 e. The molecule has 4 atom stereocenters. The van der Waals surface area contributed by atoms with Gasteiger partial charge in [0.1, 0.15) is 11.7 Å². The molecule has 2 aliphatic rings. The minimum atomic E-state index is -0.710. The third-order valence-electron chi connectivity index (χ3n) is 3.13. The number of rotatable bonds is 0. The number of nitriles is 1. The lowest BCUT2D eigenvalue weighted by molar-refractivity contribution is -0.128. The first-order valence-corrected chi connectivity index (χ1v) is 4.47. The summed E-state index contributed by atoms with van der Waals surface area (Å²) < 4.78 is 5.73. The highest BCUT2D eigenvalue weighted by Crippen LogP contribution is 2.47. The van der Waals surface area contributed by atoms with Crippen LogP contribution in [0.3, 0.4) is 0 Å². The second-order valence-corrected chi connectivity index (χ2v) is 4.29. The summed E-state index contributed by atoms with van der Waals surface area (Å²) in [5, 5.41) is 18.6. The predicted molar refractivity (Wildman–Crippen MR) is 46.8 cm³/mol. The fourth-order valence-corrected chi connectivity index (χ4v) is 2.25. The molecule has 2 bridgehead atoms. The lowest BCUT2D eigenvalue weighted by Crippen LogP contribution is -2.46. The van der Waals surface area contributed by atoms with Crippen LogP contribution in [-0.4, -0.2) is 22.4 Å². The number of aliphatic hydroxyl groups excluding tert-OH is 1. The summed E-state index contributed by atoms with van der Waals surface area (Å²) in [5.41, 5.74) is -1.06. The number of ether oxygens (including phenoxy) is 1. The molecular formula is C10H13NO2. The van der Waals surface area contributed by atoms with Crippen LogP contribution in [0.4, 0.5) is 0 Å². The maximum Gasteiger partial charge on any atom is 0.112 e. The highest BCUT2D eigenvalue weighted by Gasteiger charge is 2.56. The molecule has 2 aliphatic heterocycles. The molecule has 3 nitrogen and oxygen atoms in total. The average Bonchev–Trinajstić information content (AvgIpc) is 2.30. The van der Waals surface area contributed by atoms with Gasteiger partial charge in [-0.1, -0.05) is 12.2 Å². The van der Waals surface area contributed by atoms with Gasteiger partial charge in [-0.3, -0.25) is 0 Å². The number of hydrogen-bond donors (Lipinski definition) is 1. The minimum absolute atomic E-state index is 0.220. The molecule has 0 aromatic heterocycles. The molecule has 1 unspecified atom stereocenters. The zero-order valence-corrected chi connectivity index (χ0v) is 7.82. The predicted octanol–water partition coefficient (Wildman–Crippen LogP) is 0.995. The van der Waals surface area contributed by atoms with E-state index in [1.54, 1.807) is 13.0 Å². The van der Waals surface area contributed by atoms with Gasteiger partial charge in [-0.05, 0) is 20.3 Å². The van der Waals surface area contributed by atoms with Crippen molar-refractivity contribution in [1.29, 1.82) is 5.26 Å². The van der Waals surface area contributed by atoms with E-state index in [9.17, 15) is 5.11 Å². The Bertz CT molecular complexity index is 307. The highest BCUT2D eigenvalue weighted by atomic mass is 16.5. The van der Waals surface area contributed by atoms with Gasteiger partial charge in [-0.25, -0.2) is 0 Å². The monoisotopic (exact) mass is 179 g/mol. The molecule has 0 amide bonds. The van der Waals surface area contributed by atoms with Crippen molar-refractivity contribution in [2.24, 2.45) is 5.92 Å². The van der Waals surface area contributed by atoms with Crippen LogP contribution in [0.25, 0.3) is 0 Å². The number of hydrogen-bond acceptors (Lipinski definition) is 3. The SMILES string of the molecule is C[C@@]12C=C[C@@H](O)[C@@](C)(O1)C(C#N)C2. The van der Waals surface area contributed by atoms with E-state index in [2.05, 4.69) is 6.07 Å². The molecule has 70 valence electrons. The Kier molecular flexibility index (Phi) is 1.57. The Labute approximate surface area is 77.6 Å². The molecule has 0 aromatic rings. The third-order valence-corrected chi connectivity index (χ3v) is 3.13. The van der Waals surface area contributed by atoms with E-state index < -0.39 is 11.7 Å². The van der Waals surface area contributed by atoms with Crippen LogP contribution >= 0.6 is 0 Å². The molecule has 2 heterocycles. The van der Waals surface area contributed by atoms with Gasteiger partial charge in [0, 0.05) is 0 Å². The van der Waals surface area contributed by atoms with Gasteiger partial charge in [0.2, 0.25) is 0 Å². The Balaban J connectivity index is 2.43. The Morgan fingerprint density at radius 2 is 2.31 bits per heavy atom. The first kappa shape index (κ1) is 8.74. The molecule has 0 aromatic carbocycles. The molecule has 0 aliphatic carbocycles. The van der Waals surface area contributed by atoms with Crippen molar-refractivity contribution in [2.45, 2.75) is 37.6 Å². The number of fused-ring (bicyclic) bond motifs is 2. The van der Waals surface area contributed by atoms with Crippen molar-refractivity contribution < 1.29 is 9.84 Å². The van der Waals surface area contributed by atoms with Crippen LogP contribution in [0.2, 0.25) is 0 Å². The molecule has 2 rings (SSSR count). The van der Waals surface area contributed by atoms with Crippen LogP contribution in [0.5, 0.6) is 0 Å². The molecule has 1 N–H and O–H groups in total. The fraction of sp³-hybridized carbons (Fsp3) is 0.700. The Morgan fingerprint density at radius 1 is 1.62 bits per heavy atom. The van der Waals surface area contributed by atoms with Crippen molar-refractivity contribution in [3.8, 4) is 6.07 Å². The fourth-order valence-electron chi connectivity index (χ4n) is 2.25. The second kappa shape index (κ2) is 2.34. The van der Waals surface area contributed by atoms with Crippen LogP contribution in [0, 0.1) is 17.2 Å².